The molecular formula is C53H67ClN10O6S. The summed E-state index contributed by atoms with van der Waals surface area (Å²) in [6, 6.07) is 16.8. The first kappa shape index (κ1) is 51.7. The highest BCUT2D eigenvalue weighted by molar-refractivity contribution is 7.13. The van der Waals surface area contributed by atoms with Crippen LogP contribution < -0.4 is 25.6 Å². The van der Waals surface area contributed by atoms with Gasteiger partial charge in [-0.15, -0.1) is 11.3 Å². The molecule has 4 N–H and O–H groups in total. The number of carbonyl (C=O) groups excluding carboxylic acids is 4. The second-order valence-electron chi connectivity index (χ2n) is 22.0. The van der Waals surface area contributed by atoms with E-state index in [0.29, 0.717) is 41.0 Å². The summed E-state index contributed by atoms with van der Waals surface area (Å²) in [6.07, 6.45) is 0.662. The number of carbonyl (C=O) groups is 4. The lowest BCUT2D eigenvalue weighted by Crippen LogP contribution is -2.74. The molecule has 1 aliphatic carbocycles. The summed E-state index contributed by atoms with van der Waals surface area (Å²) in [4.78, 5) is 73.5. The molecule has 4 aromatic rings. The van der Waals surface area contributed by atoms with E-state index in [2.05, 4.69) is 74.4 Å². The molecule has 2 unspecified atom stereocenters. The maximum atomic E-state index is 14.3. The number of hydrogen-bond donors (Lipinski definition) is 4. The monoisotopic (exact) mass is 1010 g/mol. The van der Waals surface area contributed by atoms with Crippen LogP contribution in [0.2, 0.25) is 5.02 Å². The number of aliphatic hydroxyl groups excluding tert-OH is 1. The molecule has 3 saturated heterocycles. The van der Waals surface area contributed by atoms with Crippen LogP contribution in [0.4, 0.5) is 5.82 Å². The Morgan fingerprint density at radius 3 is 2.24 bits per heavy atom. The SMILES string of the molecule is Cc1ncsc1-c1ccc(C(C)NC(=O)C2C[C@@H](O)CN2C(=O)[C@@H](NC(=O)CN2CCN(C3CN(c4ccc(C(=O)NC5C(C)(C)C(Oc6ccc(C#N)c(Cl)c6)C5(C)C)cn4)C3)CC2)C(C)(C)C)cc1. The van der Waals surface area contributed by atoms with Crippen molar-refractivity contribution in [1.29, 1.82) is 5.26 Å². The van der Waals surface area contributed by atoms with Crippen molar-refractivity contribution in [2.45, 2.75) is 111 Å². The van der Waals surface area contributed by atoms with E-state index in [1.807, 2.05) is 76.5 Å². The van der Waals surface area contributed by atoms with Gasteiger partial charge in [-0.3, -0.25) is 29.0 Å². The van der Waals surface area contributed by atoms with Crippen LogP contribution in [-0.2, 0) is 14.4 Å². The van der Waals surface area contributed by atoms with Crippen molar-refractivity contribution in [1.82, 2.24) is 40.6 Å². The van der Waals surface area contributed by atoms with E-state index >= 15 is 0 Å². The number of benzene rings is 2. The largest absolute Gasteiger partial charge is 0.489 e. The standard InChI is InChI=1S/C53H67ClN10O6S/c1-31(33-10-12-34(13-11-33)44-32(2)57-30-71-44)58-47(68)41-22-38(65)28-64(41)48(69)45(51(3,4)5)59-43(66)29-61-18-20-62(21-19-61)37-26-63(27-37)42-17-15-36(25-56-42)46(67)60-49-52(6,7)50(53(49,8)9)70-39-16-14-35(24-55)40(54)23-39/h10-17,23,25,30-31,37-38,41,45,49-50,65H,18-22,26-29H2,1-9H3,(H,58,68)(H,59,66)(H,60,67)/t31?,38-,41?,45-,49?,50?/m1/s1. The highest BCUT2D eigenvalue weighted by Crippen LogP contribution is 2.55. The first-order chi connectivity index (χ1) is 33.5. The molecule has 4 atom stereocenters. The van der Waals surface area contributed by atoms with E-state index < -0.39 is 34.4 Å². The van der Waals surface area contributed by atoms with Crippen LogP contribution in [-0.4, -0.2) is 142 Å². The lowest BCUT2D eigenvalue weighted by atomic mass is 9.49. The van der Waals surface area contributed by atoms with Crippen molar-refractivity contribution in [2.24, 2.45) is 16.2 Å². The first-order valence-corrected chi connectivity index (χ1v) is 25.7. The van der Waals surface area contributed by atoms with Crippen LogP contribution in [0.25, 0.3) is 10.4 Å². The molecule has 0 radical (unpaired) electrons. The molecule has 18 heteroatoms. The third kappa shape index (κ3) is 10.9. The van der Waals surface area contributed by atoms with Crippen LogP contribution in [0.3, 0.4) is 0 Å². The highest BCUT2D eigenvalue weighted by Gasteiger charge is 2.64. The second kappa shape index (κ2) is 20.5. The smallest absolute Gasteiger partial charge is 0.253 e. The molecule has 4 amide bonds. The molecule has 2 aromatic carbocycles. The van der Waals surface area contributed by atoms with Gasteiger partial charge in [-0.25, -0.2) is 9.97 Å². The number of rotatable bonds is 14. The molecule has 16 nitrogen and oxygen atoms in total. The van der Waals surface area contributed by atoms with Gasteiger partial charge in [0.15, 0.2) is 0 Å². The number of nitrogens with one attached hydrogen (secondary N) is 3. The minimum absolute atomic E-state index is 0.00562. The lowest BCUT2D eigenvalue weighted by Gasteiger charge is -2.63. The third-order valence-electron chi connectivity index (χ3n) is 15.0. The molecule has 378 valence electrons. The Bertz CT molecular complexity index is 2630. The van der Waals surface area contributed by atoms with Gasteiger partial charge in [-0.05, 0) is 54.7 Å². The zero-order valence-corrected chi connectivity index (χ0v) is 43.7. The number of ether oxygens (including phenoxy) is 1. The number of pyridine rings is 1. The normalized spacial score (nSPS) is 23.1. The van der Waals surface area contributed by atoms with Crippen LogP contribution in [0.5, 0.6) is 5.75 Å². The molecule has 1 saturated carbocycles. The van der Waals surface area contributed by atoms with Gasteiger partial charge in [-0.1, -0.05) is 84.3 Å². The summed E-state index contributed by atoms with van der Waals surface area (Å²) in [5.74, 6) is 0.188. The van der Waals surface area contributed by atoms with Crippen molar-refractivity contribution in [3.63, 3.8) is 0 Å². The number of piperazine rings is 1. The average molecular weight is 1010 g/mol. The molecule has 0 spiro atoms. The van der Waals surface area contributed by atoms with Crippen molar-refractivity contribution in [3.05, 3.63) is 93.7 Å². The topological polar surface area (TPSA) is 196 Å². The van der Waals surface area contributed by atoms with Gasteiger partial charge in [0.25, 0.3) is 5.91 Å². The average Bonchev–Trinajstić information content (AvgIpc) is 3.93. The fourth-order valence-corrected chi connectivity index (χ4v) is 12.1. The summed E-state index contributed by atoms with van der Waals surface area (Å²) < 4.78 is 6.38. The van der Waals surface area contributed by atoms with Crippen molar-refractivity contribution in [2.75, 3.05) is 57.3 Å². The molecule has 4 aliphatic rings. The van der Waals surface area contributed by atoms with E-state index in [0.717, 1.165) is 53.7 Å². The first-order valence-electron chi connectivity index (χ1n) is 24.5. The van der Waals surface area contributed by atoms with E-state index in [-0.39, 0.29) is 61.3 Å². The molecule has 8 rings (SSSR count). The van der Waals surface area contributed by atoms with Crippen molar-refractivity contribution < 1.29 is 29.0 Å². The summed E-state index contributed by atoms with van der Waals surface area (Å²) in [7, 11) is 0. The van der Waals surface area contributed by atoms with E-state index in [9.17, 15) is 29.5 Å². The Labute approximate surface area is 426 Å². The summed E-state index contributed by atoms with van der Waals surface area (Å²) in [5.41, 5.74) is 4.17. The van der Waals surface area contributed by atoms with Crippen LogP contribution in [0.15, 0.2) is 66.3 Å². The van der Waals surface area contributed by atoms with E-state index in [4.69, 9.17) is 16.3 Å². The van der Waals surface area contributed by atoms with Crippen molar-refractivity contribution in [3.8, 4) is 22.3 Å². The molecule has 2 aromatic heterocycles. The summed E-state index contributed by atoms with van der Waals surface area (Å²) in [6.45, 7) is 22.5. The number of aliphatic hydroxyl groups is 1. The number of β-amino-alcohol motifs (C(OH)–C–C–N with tert-alkyl or cyclic N) is 1. The molecule has 0 bridgehead atoms. The number of amides is 4. The van der Waals surface area contributed by atoms with Crippen LogP contribution in [0.1, 0.15) is 95.0 Å². The number of nitriles is 1. The van der Waals surface area contributed by atoms with Gasteiger partial charge >= 0.3 is 0 Å². The fourth-order valence-electron chi connectivity index (χ4n) is 11.1. The number of thiazole rings is 1. The third-order valence-corrected chi connectivity index (χ3v) is 16.3. The maximum Gasteiger partial charge on any atom is 0.253 e. The summed E-state index contributed by atoms with van der Waals surface area (Å²) >= 11 is 7.84. The lowest BCUT2D eigenvalue weighted by molar-refractivity contribution is -0.164. The Kier molecular flexibility index (Phi) is 14.9. The quantitative estimate of drug-likeness (QED) is 0.118. The van der Waals surface area contributed by atoms with E-state index in [1.54, 1.807) is 35.7 Å². The maximum absolute atomic E-state index is 14.3. The number of hydrogen-bond acceptors (Lipinski definition) is 13. The van der Waals surface area contributed by atoms with Gasteiger partial charge in [0, 0.05) is 87.4 Å². The molecule has 71 heavy (non-hydrogen) atoms. The zero-order chi connectivity index (χ0) is 51.2. The van der Waals surface area contributed by atoms with Gasteiger partial charge in [0.1, 0.15) is 35.8 Å². The number of likely N-dealkylation sites (tertiary alicyclic amines) is 1. The Balaban J connectivity index is 0.776. The number of aromatic nitrogens is 2. The van der Waals surface area contributed by atoms with Crippen LogP contribution in [0, 0.1) is 34.5 Å². The fraction of sp³-hybridized carbons (Fsp3) is 0.528. The Morgan fingerprint density at radius 1 is 0.958 bits per heavy atom. The van der Waals surface area contributed by atoms with Crippen LogP contribution >= 0.6 is 22.9 Å². The van der Waals surface area contributed by atoms with Gasteiger partial charge < -0.3 is 35.6 Å². The summed E-state index contributed by atoms with van der Waals surface area (Å²) in [5, 5.41) is 29.6. The predicted octanol–water partition coefficient (Wildman–Crippen LogP) is 5.83. The number of aryl methyl sites for hydroxylation is 1. The zero-order valence-electron chi connectivity index (χ0n) is 42.2. The Hall–Kier alpha value is -5.64. The number of halogens is 1. The van der Waals surface area contributed by atoms with E-state index in [1.165, 1.54) is 4.90 Å². The minimum Gasteiger partial charge on any atom is -0.489 e. The second-order valence-corrected chi connectivity index (χ2v) is 23.2. The Morgan fingerprint density at radius 2 is 1.65 bits per heavy atom. The van der Waals surface area contributed by atoms with Gasteiger partial charge in [0.2, 0.25) is 17.7 Å². The van der Waals surface area contributed by atoms with Gasteiger partial charge in [0.05, 0.1) is 50.9 Å². The number of nitrogens with zero attached hydrogens (tertiary/aromatic N) is 7. The molecule has 5 heterocycles. The van der Waals surface area contributed by atoms with Crippen molar-refractivity contribution >= 4 is 52.4 Å². The number of anilines is 1. The van der Waals surface area contributed by atoms with Gasteiger partial charge in [-0.2, -0.15) is 5.26 Å². The molecule has 4 fully saturated rings. The highest BCUT2D eigenvalue weighted by atomic mass is 35.5. The molecule has 3 aliphatic heterocycles. The molecular weight excluding hydrogens is 940 g/mol. The predicted molar refractivity (Wildman–Crippen MR) is 274 cm³/mol. The minimum atomic E-state index is -0.909.